The summed E-state index contributed by atoms with van der Waals surface area (Å²) >= 11 is 0. The average molecular weight is 777 g/mol. The van der Waals surface area contributed by atoms with E-state index >= 15 is 0 Å². The summed E-state index contributed by atoms with van der Waals surface area (Å²) < 4.78 is 44.3. The molecular weight excluding hydrogens is 704 g/mol. The van der Waals surface area contributed by atoms with Crippen LogP contribution in [0.1, 0.15) is 94.9 Å². The summed E-state index contributed by atoms with van der Waals surface area (Å²) in [5.74, 6) is -3.99. The molecule has 0 saturated carbocycles. The molecule has 0 bridgehead atoms. The number of hydrogen-bond acceptors (Lipinski definition) is 15. The number of carbonyl (C=O) groups is 1. The molecule has 0 radical (unpaired) electrons. The van der Waals surface area contributed by atoms with Gasteiger partial charge in [0, 0.05) is 50.9 Å². The largest absolute Gasteiger partial charge is 0.459 e. The van der Waals surface area contributed by atoms with Gasteiger partial charge in [-0.3, -0.25) is 4.79 Å². The highest BCUT2D eigenvalue weighted by Gasteiger charge is 2.55. The number of carbonyl (C=O) groups excluding carboxylic acids is 1. The zero-order valence-corrected chi connectivity index (χ0v) is 35.1. The first-order valence-corrected chi connectivity index (χ1v) is 19.6. The molecule has 54 heavy (non-hydrogen) atoms. The van der Waals surface area contributed by atoms with E-state index in [1.807, 2.05) is 46.7 Å². The van der Waals surface area contributed by atoms with Crippen molar-refractivity contribution < 1.29 is 63.6 Å². The predicted molar refractivity (Wildman–Crippen MR) is 200 cm³/mol. The van der Waals surface area contributed by atoms with Gasteiger partial charge < -0.3 is 63.7 Å². The molecule has 18 atom stereocenters. The zero-order chi connectivity index (χ0) is 41.1. The van der Waals surface area contributed by atoms with Gasteiger partial charge in [-0.25, -0.2) is 0 Å². The van der Waals surface area contributed by atoms with E-state index in [2.05, 4.69) is 5.16 Å². The Balaban J connectivity index is 2.25. The highest BCUT2D eigenvalue weighted by molar-refractivity contribution is 5.88. The Labute approximate surface area is 322 Å². The highest BCUT2D eigenvalue weighted by atomic mass is 16.7. The quantitative estimate of drug-likeness (QED) is 0.130. The van der Waals surface area contributed by atoms with E-state index in [1.54, 1.807) is 41.5 Å². The lowest BCUT2D eigenvalue weighted by Crippen LogP contribution is -2.62. The summed E-state index contributed by atoms with van der Waals surface area (Å²) in [6.45, 7) is 18.3. The van der Waals surface area contributed by atoms with Crippen LogP contribution >= 0.6 is 0 Å². The Morgan fingerprint density at radius 2 is 1.50 bits per heavy atom. The maximum Gasteiger partial charge on any atom is 0.311 e. The standard InChI is InChI=1S/C39H72N2O13/c1-15-27-31(43)30(42)22(4)29(40-47)20(2)17-38(9,49-14)34(54-36-39(10,46)26(19-41(11)12)16-21(3)50-36)23(5)32(24(6)35(45)52-27)53-28-18-37(8,48-13)33(44)25(7)51-28/h20-28,30-34,36,42-44,46-47H,15-19H2,1-14H3/b40-29+/t20-,21-,22+,23+,24-,25?,26?,27-,28-,30-,31-,32+,33-,34-,36+,37+,38-,39+/m1/s1. The van der Waals surface area contributed by atoms with Gasteiger partial charge in [-0.1, -0.05) is 32.9 Å². The summed E-state index contributed by atoms with van der Waals surface area (Å²) in [5.41, 5.74) is -3.50. The van der Waals surface area contributed by atoms with Crippen molar-refractivity contribution in [3.8, 4) is 0 Å². The van der Waals surface area contributed by atoms with Crippen molar-refractivity contribution in [1.29, 1.82) is 0 Å². The molecule has 0 aromatic carbocycles. The van der Waals surface area contributed by atoms with Gasteiger partial charge in [0.1, 0.15) is 23.9 Å². The number of oxime groups is 1. The number of aliphatic hydroxyl groups excluding tert-OH is 3. The normalized spacial score (nSPS) is 48.4. The molecule has 2 unspecified atom stereocenters. The molecule has 15 nitrogen and oxygen atoms in total. The van der Waals surface area contributed by atoms with Crippen molar-refractivity contribution in [3.05, 3.63) is 0 Å². The molecule has 0 aromatic rings. The molecule has 0 aliphatic carbocycles. The number of cyclic esters (lactones) is 1. The Morgan fingerprint density at radius 3 is 2.04 bits per heavy atom. The number of nitrogens with zero attached hydrogens (tertiary/aromatic N) is 2. The third-order valence-electron chi connectivity index (χ3n) is 12.6. The van der Waals surface area contributed by atoms with Crippen LogP contribution in [0.3, 0.4) is 0 Å². The molecule has 5 N–H and O–H groups in total. The average Bonchev–Trinajstić information content (AvgIpc) is 3.10. The van der Waals surface area contributed by atoms with E-state index in [4.69, 9.17) is 33.2 Å². The highest BCUT2D eigenvalue weighted by Crippen LogP contribution is 2.43. The summed E-state index contributed by atoms with van der Waals surface area (Å²) in [6.07, 6.45) is -8.86. The van der Waals surface area contributed by atoms with Crippen molar-refractivity contribution in [1.82, 2.24) is 4.90 Å². The van der Waals surface area contributed by atoms with Crippen molar-refractivity contribution in [3.63, 3.8) is 0 Å². The monoisotopic (exact) mass is 777 g/mol. The van der Waals surface area contributed by atoms with E-state index < -0.39 is 102 Å². The first-order chi connectivity index (χ1) is 25.0. The molecule has 15 heteroatoms. The lowest BCUT2D eigenvalue weighted by Gasteiger charge is -2.51. The molecular formula is C39H72N2O13. The summed E-state index contributed by atoms with van der Waals surface area (Å²) in [4.78, 5) is 16.2. The number of aliphatic hydroxyl groups is 4. The molecule has 3 fully saturated rings. The van der Waals surface area contributed by atoms with Gasteiger partial charge in [-0.05, 0) is 74.9 Å². The van der Waals surface area contributed by atoms with Gasteiger partial charge >= 0.3 is 5.97 Å². The van der Waals surface area contributed by atoms with Crippen molar-refractivity contribution >= 4 is 11.7 Å². The van der Waals surface area contributed by atoms with Crippen molar-refractivity contribution in [2.75, 3.05) is 34.9 Å². The zero-order valence-electron chi connectivity index (χ0n) is 35.1. The number of esters is 1. The first-order valence-electron chi connectivity index (χ1n) is 19.6. The smallest absolute Gasteiger partial charge is 0.311 e. The number of ether oxygens (including phenoxy) is 7. The minimum atomic E-state index is -1.50. The predicted octanol–water partition coefficient (Wildman–Crippen LogP) is 2.95. The van der Waals surface area contributed by atoms with Crippen LogP contribution in [-0.4, -0.2) is 155 Å². The van der Waals surface area contributed by atoms with Gasteiger partial charge in [0.2, 0.25) is 0 Å². The minimum Gasteiger partial charge on any atom is -0.459 e. The molecule has 3 rings (SSSR count). The van der Waals surface area contributed by atoms with E-state index in [0.29, 0.717) is 13.0 Å². The number of hydrogen-bond donors (Lipinski definition) is 5. The van der Waals surface area contributed by atoms with Gasteiger partial charge in [0.25, 0.3) is 0 Å². The second-order valence-electron chi connectivity index (χ2n) is 17.2. The third kappa shape index (κ3) is 10.1. The maximum absolute atomic E-state index is 14.2. The number of methoxy groups -OCH3 is 2. The van der Waals surface area contributed by atoms with E-state index in [9.17, 15) is 30.4 Å². The van der Waals surface area contributed by atoms with Crippen LogP contribution in [0, 0.1) is 29.6 Å². The van der Waals surface area contributed by atoms with E-state index in [1.165, 1.54) is 14.2 Å². The molecule has 0 aromatic heterocycles. The van der Waals surface area contributed by atoms with Crippen LogP contribution in [0.25, 0.3) is 0 Å². The van der Waals surface area contributed by atoms with Crippen LogP contribution in [0.15, 0.2) is 5.16 Å². The fourth-order valence-corrected chi connectivity index (χ4v) is 8.84. The van der Waals surface area contributed by atoms with Crippen molar-refractivity contribution in [2.24, 2.45) is 34.7 Å². The SMILES string of the molecule is CC[C@H]1OC(=O)[C@H](C)[C@@H](O[C@@H]2C[C@](C)(OC)[C@H](O)C(C)O2)[C@H](C)[C@@H](O[C@@H]2O[C@H](C)CC(CN(C)C)[C@]2(C)O)[C@](C)(OC)C[C@@H](C)/C(=N\O)[C@H](C)[C@@H](O)[C@@H]1O. The van der Waals surface area contributed by atoms with Crippen LogP contribution < -0.4 is 0 Å². The Bertz CT molecular complexity index is 1240. The minimum absolute atomic E-state index is 0.130. The molecule has 316 valence electrons. The lowest BCUT2D eigenvalue weighted by atomic mass is 9.74. The van der Waals surface area contributed by atoms with Crippen LogP contribution in [0.2, 0.25) is 0 Å². The fraction of sp³-hybridized carbons (Fsp3) is 0.949. The fourth-order valence-electron chi connectivity index (χ4n) is 8.84. The first kappa shape index (κ1) is 46.9. The van der Waals surface area contributed by atoms with Gasteiger partial charge in [0.05, 0.1) is 53.4 Å². The maximum atomic E-state index is 14.2. The Hall–Kier alpha value is -1.50. The molecule has 0 amide bonds. The van der Waals surface area contributed by atoms with Crippen LogP contribution in [-0.2, 0) is 38.0 Å². The third-order valence-corrected chi connectivity index (χ3v) is 12.6. The van der Waals surface area contributed by atoms with Crippen LogP contribution in [0.5, 0.6) is 0 Å². The van der Waals surface area contributed by atoms with E-state index in [-0.39, 0.29) is 37.0 Å². The van der Waals surface area contributed by atoms with E-state index in [0.717, 1.165) is 0 Å². The summed E-state index contributed by atoms with van der Waals surface area (Å²) in [6, 6.07) is 0. The summed E-state index contributed by atoms with van der Waals surface area (Å²) in [7, 11) is 6.93. The van der Waals surface area contributed by atoms with Gasteiger partial charge in [-0.15, -0.1) is 0 Å². The Morgan fingerprint density at radius 1 is 0.889 bits per heavy atom. The lowest BCUT2D eigenvalue weighted by molar-refractivity contribution is -0.338. The molecule has 0 spiro atoms. The van der Waals surface area contributed by atoms with Gasteiger partial charge in [0.15, 0.2) is 12.6 Å². The van der Waals surface area contributed by atoms with Crippen LogP contribution in [0.4, 0.5) is 0 Å². The second kappa shape index (κ2) is 18.8. The molecule has 3 aliphatic rings. The summed E-state index contributed by atoms with van der Waals surface area (Å²) in [5, 5.41) is 59.7. The molecule has 3 heterocycles. The molecule has 3 aliphatic heterocycles. The van der Waals surface area contributed by atoms with Gasteiger partial charge in [-0.2, -0.15) is 0 Å². The Kier molecular flexibility index (Phi) is 16.4. The second-order valence-corrected chi connectivity index (χ2v) is 17.2. The topological polar surface area (TPSA) is 198 Å². The van der Waals surface area contributed by atoms with Crippen molar-refractivity contribution in [2.45, 2.75) is 173 Å². The molecule has 3 saturated heterocycles. The number of rotatable bonds is 9.